The summed E-state index contributed by atoms with van der Waals surface area (Å²) in [6, 6.07) is 5.98. The van der Waals surface area contributed by atoms with Gasteiger partial charge in [-0.2, -0.15) is 0 Å². The van der Waals surface area contributed by atoms with Crippen LogP contribution >= 0.6 is 0 Å². The molecule has 14 heteroatoms. The number of benzene rings is 2. The predicted octanol–water partition coefficient (Wildman–Crippen LogP) is -0.673. The second-order valence-corrected chi connectivity index (χ2v) is 10.1. The number of phenols is 3. The molecule has 0 amide bonds. The van der Waals surface area contributed by atoms with Crippen molar-refractivity contribution in [1.82, 2.24) is 0 Å². The van der Waals surface area contributed by atoms with Crippen molar-refractivity contribution in [3.05, 3.63) is 46.1 Å². The summed E-state index contributed by atoms with van der Waals surface area (Å²) in [5.41, 5.74) is -0.822. The van der Waals surface area contributed by atoms with Gasteiger partial charge in [0.2, 0.25) is 6.29 Å². The lowest BCUT2D eigenvalue weighted by Crippen LogP contribution is -2.60. The Hall–Kier alpha value is -3.47. The molecular weight excluding hydrogens is 548 g/mol. The number of ether oxygens (including phenoxy) is 3. The van der Waals surface area contributed by atoms with Gasteiger partial charge in [0, 0.05) is 24.1 Å². The molecule has 0 spiro atoms. The highest BCUT2D eigenvalue weighted by Gasteiger charge is 2.45. The fourth-order valence-corrected chi connectivity index (χ4v) is 5.08. The summed E-state index contributed by atoms with van der Waals surface area (Å²) in [5, 5.41) is 91.3. The molecular formula is C27H30O14. The lowest BCUT2D eigenvalue weighted by Gasteiger charge is -2.39. The number of phenolic OH excluding ortho intramolecular Hbond substituents is 3. The Balaban J connectivity index is 1.44. The second-order valence-electron chi connectivity index (χ2n) is 10.1. The zero-order valence-electron chi connectivity index (χ0n) is 21.6. The van der Waals surface area contributed by atoms with Crippen molar-refractivity contribution in [1.29, 1.82) is 0 Å². The Morgan fingerprint density at radius 1 is 0.902 bits per heavy atom. The fraction of sp³-hybridized carbons (Fsp3) is 0.444. The predicted molar refractivity (Wildman–Crippen MR) is 137 cm³/mol. The van der Waals surface area contributed by atoms with E-state index < -0.39 is 84.4 Å². The van der Waals surface area contributed by atoms with E-state index in [1.54, 1.807) is 0 Å². The van der Waals surface area contributed by atoms with Crippen LogP contribution in [0.25, 0.3) is 22.3 Å². The molecule has 0 aliphatic carbocycles. The van der Waals surface area contributed by atoms with E-state index in [4.69, 9.17) is 18.6 Å². The maximum absolute atomic E-state index is 13.1. The van der Waals surface area contributed by atoms with Gasteiger partial charge in [0.15, 0.2) is 16.9 Å². The van der Waals surface area contributed by atoms with E-state index >= 15 is 0 Å². The minimum Gasteiger partial charge on any atom is -0.507 e. The van der Waals surface area contributed by atoms with Crippen molar-refractivity contribution in [2.45, 2.75) is 68.5 Å². The molecule has 5 rings (SSSR count). The van der Waals surface area contributed by atoms with E-state index in [-0.39, 0.29) is 40.0 Å². The Morgan fingerprint density at radius 2 is 1.63 bits per heavy atom. The lowest BCUT2D eigenvalue weighted by atomic mass is 9.92. The molecule has 41 heavy (non-hydrogen) atoms. The molecule has 0 saturated carbocycles. The molecule has 2 aliphatic rings. The Bertz CT molecular complexity index is 1470. The van der Waals surface area contributed by atoms with E-state index in [2.05, 4.69) is 0 Å². The highest BCUT2D eigenvalue weighted by Crippen LogP contribution is 2.44. The summed E-state index contributed by atoms with van der Waals surface area (Å²) in [6.45, 7) is 0.854. The Kier molecular flexibility index (Phi) is 7.84. The number of rotatable bonds is 5. The zero-order chi connectivity index (χ0) is 29.7. The number of aromatic hydroxyl groups is 3. The Morgan fingerprint density at radius 3 is 2.29 bits per heavy atom. The summed E-state index contributed by atoms with van der Waals surface area (Å²) in [6.07, 6.45) is -12.0. The molecule has 222 valence electrons. The second kappa shape index (κ2) is 11.1. The zero-order valence-corrected chi connectivity index (χ0v) is 21.6. The van der Waals surface area contributed by atoms with Gasteiger partial charge in [-0.05, 0) is 25.1 Å². The van der Waals surface area contributed by atoms with Crippen LogP contribution in [0.15, 0.2) is 39.5 Å². The summed E-state index contributed by atoms with van der Waals surface area (Å²) in [5.74, 6) is -1.80. The molecule has 14 nitrogen and oxygen atoms in total. The van der Waals surface area contributed by atoms with Crippen LogP contribution in [0.4, 0.5) is 0 Å². The lowest BCUT2D eigenvalue weighted by molar-refractivity contribution is -0.277. The van der Waals surface area contributed by atoms with Crippen molar-refractivity contribution >= 4 is 11.0 Å². The number of fused-ring (bicyclic) bond motifs is 1. The van der Waals surface area contributed by atoms with Crippen LogP contribution in [-0.4, -0.2) is 102 Å². The maximum atomic E-state index is 13.1. The topological polar surface area (TPSA) is 240 Å². The van der Waals surface area contributed by atoms with Crippen LogP contribution in [0, 0.1) is 0 Å². The van der Waals surface area contributed by atoms with Crippen molar-refractivity contribution in [3.63, 3.8) is 0 Å². The third-order valence-corrected chi connectivity index (χ3v) is 7.38. The van der Waals surface area contributed by atoms with Gasteiger partial charge in [0.05, 0.1) is 30.5 Å². The molecule has 2 saturated heterocycles. The Labute approximate surface area is 231 Å². The molecule has 9 N–H and O–H groups in total. The minimum atomic E-state index is -1.70. The molecule has 0 bridgehead atoms. The van der Waals surface area contributed by atoms with Crippen LogP contribution in [-0.2, 0) is 9.47 Å². The van der Waals surface area contributed by atoms with Gasteiger partial charge in [-0.3, -0.25) is 4.79 Å². The van der Waals surface area contributed by atoms with Gasteiger partial charge in [0.1, 0.15) is 58.7 Å². The van der Waals surface area contributed by atoms with E-state index in [0.29, 0.717) is 0 Å². The first-order chi connectivity index (χ1) is 19.4. The molecule has 1 aromatic heterocycles. The monoisotopic (exact) mass is 578 g/mol. The van der Waals surface area contributed by atoms with E-state index in [1.807, 2.05) is 0 Å². The minimum absolute atomic E-state index is 0.0511. The highest BCUT2D eigenvalue weighted by atomic mass is 16.7. The highest BCUT2D eigenvalue weighted by molar-refractivity contribution is 5.88. The molecule has 9 atom stereocenters. The summed E-state index contributed by atoms with van der Waals surface area (Å²) in [7, 11) is 0. The fourth-order valence-electron chi connectivity index (χ4n) is 5.08. The van der Waals surface area contributed by atoms with Crippen molar-refractivity contribution in [2.24, 2.45) is 0 Å². The number of hydrogen-bond acceptors (Lipinski definition) is 14. The van der Waals surface area contributed by atoms with Gasteiger partial charge < -0.3 is 64.6 Å². The van der Waals surface area contributed by atoms with Crippen molar-refractivity contribution in [2.75, 3.05) is 6.61 Å². The molecule has 9 unspecified atom stereocenters. The maximum Gasteiger partial charge on any atom is 0.229 e. The number of aliphatic hydroxyl groups excluding tert-OH is 6. The first-order valence-corrected chi connectivity index (χ1v) is 12.8. The van der Waals surface area contributed by atoms with Gasteiger partial charge in [0.25, 0.3) is 0 Å². The van der Waals surface area contributed by atoms with Crippen LogP contribution in [0.5, 0.6) is 23.0 Å². The van der Waals surface area contributed by atoms with Gasteiger partial charge in [-0.1, -0.05) is 0 Å². The third-order valence-electron chi connectivity index (χ3n) is 7.38. The van der Waals surface area contributed by atoms with E-state index in [9.17, 15) is 50.8 Å². The smallest absolute Gasteiger partial charge is 0.229 e. The molecule has 2 aliphatic heterocycles. The van der Waals surface area contributed by atoms with E-state index in [1.165, 1.54) is 25.1 Å². The summed E-state index contributed by atoms with van der Waals surface area (Å²) in [4.78, 5) is 13.1. The molecule has 3 aromatic rings. The average molecular weight is 579 g/mol. The van der Waals surface area contributed by atoms with Gasteiger partial charge >= 0.3 is 0 Å². The summed E-state index contributed by atoms with van der Waals surface area (Å²) >= 11 is 0. The number of aliphatic hydroxyl groups is 6. The van der Waals surface area contributed by atoms with Crippen LogP contribution in [0.2, 0.25) is 0 Å². The quantitative estimate of drug-likeness (QED) is 0.182. The van der Waals surface area contributed by atoms with Crippen LogP contribution in [0.1, 0.15) is 25.0 Å². The van der Waals surface area contributed by atoms with Crippen LogP contribution in [0.3, 0.4) is 0 Å². The third kappa shape index (κ3) is 5.20. The van der Waals surface area contributed by atoms with Crippen molar-refractivity contribution < 1.29 is 64.6 Å². The SMILES string of the molecule is CC1OC(c2c(O)cc3oc(-c4ccc(OC5OC(CO)C(O)C(O)C5O)c(O)c4)cc(=O)c3c2O)CC(O)C1O. The van der Waals surface area contributed by atoms with E-state index in [0.717, 1.165) is 12.1 Å². The standard InChI is InChI=1S/C27H30O14/c1-9-22(33)14(32)7-17(38-9)20-13(31)6-18-21(24(20)35)12(30)5-16(39-18)10-2-3-15(11(29)4-10)40-27-26(37)25(36)23(34)19(8-28)41-27/h2-6,9,14,17,19,22-23,25-29,31-37H,7-8H2,1H3. The van der Waals surface area contributed by atoms with Crippen LogP contribution < -0.4 is 10.2 Å². The first kappa shape index (κ1) is 29.0. The van der Waals surface area contributed by atoms with Gasteiger partial charge in [-0.25, -0.2) is 0 Å². The molecule has 3 heterocycles. The molecule has 0 radical (unpaired) electrons. The largest absolute Gasteiger partial charge is 0.507 e. The summed E-state index contributed by atoms with van der Waals surface area (Å²) < 4.78 is 22.1. The number of hydrogen-bond donors (Lipinski definition) is 9. The molecule has 2 fully saturated rings. The average Bonchev–Trinajstić information content (AvgIpc) is 2.92. The molecule has 2 aromatic carbocycles. The normalized spacial score (nSPS) is 32.2. The first-order valence-electron chi connectivity index (χ1n) is 12.8. The van der Waals surface area contributed by atoms with Gasteiger partial charge in [-0.15, -0.1) is 0 Å². The van der Waals surface area contributed by atoms with Crippen molar-refractivity contribution in [3.8, 4) is 34.3 Å².